The van der Waals surface area contributed by atoms with Crippen molar-refractivity contribution >= 4 is 5.91 Å². The molecule has 0 aromatic carbocycles. The van der Waals surface area contributed by atoms with Crippen molar-refractivity contribution in [3.63, 3.8) is 0 Å². The van der Waals surface area contributed by atoms with E-state index in [0.29, 0.717) is 18.9 Å². The van der Waals surface area contributed by atoms with Gasteiger partial charge in [0.05, 0.1) is 0 Å². The number of nitrogens with zero attached hydrogens (tertiary/aromatic N) is 2. The van der Waals surface area contributed by atoms with Crippen LogP contribution in [0.1, 0.15) is 45.4 Å². The van der Waals surface area contributed by atoms with Gasteiger partial charge < -0.3 is 10.6 Å². The number of likely N-dealkylation sites (tertiary alicyclic amines) is 2. The van der Waals surface area contributed by atoms with Crippen molar-refractivity contribution in [2.45, 2.75) is 51.5 Å². The number of hydrogen-bond donors (Lipinski definition) is 1. The van der Waals surface area contributed by atoms with E-state index >= 15 is 0 Å². The lowest BCUT2D eigenvalue weighted by Crippen LogP contribution is -2.48. The molecule has 0 aromatic rings. The summed E-state index contributed by atoms with van der Waals surface area (Å²) in [4.78, 5) is 16.8. The Morgan fingerprint density at radius 2 is 1.95 bits per heavy atom. The van der Waals surface area contributed by atoms with E-state index in [4.69, 9.17) is 5.73 Å². The summed E-state index contributed by atoms with van der Waals surface area (Å²) in [6, 6.07) is 0.247. The Hall–Kier alpha value is -0.610. The molecule has 1 amide bonds. The molecule has 2 aliphatic heterocycles. The molecule has 2 fully saturated rings. The molecule has 0 saturated carbocycles. The minimum Gasteiger partial charge on any atom is -0.343 e. The quantitative estimate of drug-likeness (QED) is 0.838. The zero-order chi connectivity index (χ0) is 13.7. The average Bonchev–Trinajstić information content (AvgIpc) is 2.45. The number of rotatable bonds is 4. The molecule has 4 heteroatoms. The molecular weight excluding hydrogens is 238 g/mol. The predicted octanol–water partition coefficient (Wildman–Crippen LogP) is 1.45. The van der Waals surface area contributed by atoms with Gasteiger partial charge in [-0.1, -0.05) is 6.92 Å². The number of carbonyl (C=O) groups is 1. The van der Waals surface area contributed by atoms with Crippen LogP contribution in [0.4, 0.5) is 0 Å². The second-order valence-corrected chi connectivity index (χ2v) is 6.28. The van der Waals surface area contributed by atoms with Gasteiger partial charge in [0, 0.05) is 38.6 Å². The van der Waals surface area contributed by atoms with E-state index in [0.717, 1.165) is 32.1 Å². The molecule has 2 rings (SSSR count). The number of carbonyl (C=O) groups excluding carboxylic acids is 1. The summed E-state index contributed by atoms with van der Waals surface area (Å²) in [6.07, 6.45) is 6.78. The van der Waals surface area contributed by atoms with E-state index in [1.54, 1.807) is 0 Å². The van der Waals surface area contributed by atoms with E-state index in [2.05, 4.69) is 11.8 Å². The van der Waals surface area contributed by atoms with Gasteiger partial charge in [0.2, 0.25) is 5.91 Å². The second kappa shape index (κ2) is 7.25. The third kappa shape index (κ3) is 4.18. The Morgan fingerprint density at radius 3 is 2.58 bits per heavy atom. The van der Waals surface area contributed by atoms with Crippen molar-refractivity contribution < 1.29 is 4.79 Å². The van der Waals surface area contributed by atoms with E-state index in [-0.39, 0.29) is 6.04 Å². The highest BCUT2D eigenvalue weighted by atomic mass is 16.2. The van der Waals surface area contributed by atoms with Gasteiger partial charge in [0.15, 0.2) is 0 Å². The molecule has 110 valence electrons. The molecule has 0 spiro atoms. The van der Waals surface area contributed by atoms with Crippen LogP contribution in [0.5, 0.6) is 0 Å². The fraction of sp³-hybridized carbons (Fsp3) is 0.933. The molecule has 19 heavy (non-hydrogen) atoms. The summed E-state index contributed by atoms with van der Waals surface area (Å²) in [5.41, 5.74) is 5.91. The summed E-state index contributed by atoms with van der Waals surface area (Å²) in [5, 5.41) is 0. The van der Waals surface area contributed by atoms with Gasteiger partial charge in [0.1, 0.15) is 0 Å². The van der Waals surface area contributed by atoms with Crippen LogP contribution in [0.3, 0.4) is 0 Å². The Labute approximate surface area is 117 Å². The van der Waals surface area contributed by atoms with Gasteiger partial charge in [0.25, 0.3) is 0 Å². The minimum absolute atomic E-state index is 0.247. The van der Waals surface area contributed by atoms with Crippen molar-refractivity contribution in [2.24, 2.45) is 11.7 Å². The normalized spacial score (nSPS) is 27.3. The van der Waals surface area contributed by atoms with E-state index in [1.807, 2.05) is 4.90 Å². The van der Waals surface area contributed by atoms with Crippen LogP contribution in [-0.4, -0.2) is 54.5 Å². The molecule has 0 aromatic heterocycles. The van der Waals surface area contributed by atoms with E-state index < -0.39 is 0 Å². The SMILES string of the molecule is CC1CCCN(C(CN)CC(=O)N2CCCCC2)C1. The number of piperidine rings is 2. The number of hydrogen-bond acceptors (Lipinski definition) is 3. The third-order valence-corrected chi connectivity index (χ3v) is 4.60. The maximum absolute atomic E-state index is 12.3. The first kappa shape index (κ1) is 14.8. The van der Waals surface area contributed by atoms with Crippen LogP contribution in [0.25, 0.3) is 0 Å². The number of nitrogens with two attached hydrogens (primary N) is 1. The largest absolute Gasteiger partial charge is 0.343 e. The maximum atomic E-state index is 12.3. The first-order valence-corrected chi connectivity index (χ1v) is 7.92. The fourth-order valence-electron chi connectivity index (χ4n) is 3.39. The van der Waals surface area contributed by atoms with Gasteiger partial charge in [-0.3, -0.25) is 9.69 Å². The van der Waals surface area contributed by atoms with Gasteiger partial charge >= 0.3 is 0 Å². The van der Waals surface area contributed by atoms with Crippen molar-refractivity contribution in [3.05, 3.63) is 0 Å². The maximum Gasteiger partial charge on any atom is 0.224 e. The second-order valence-electron chi connectivity index (χ2n) is 6.28. The molecule has 2 N–H and O–H groups in total. The molecule has 0 radical (unpaired) electrons. The summed E-state index contributed by atoms with van der Waals surface area (Å²) >= 11 is 0. The number of amides is 1. The molecule has 2 saturated heterocycles. The lowest BCUT2D eigenvalue weighted by molar-refractivity contribution is -0.133. The van der Waals surface area contributed by atoms with Crippen molar-refractivity contribution in [3.8, 4) is 0 Å². The van der Waals surface area contributed by atoms with Crippen LogP contribution in [0.2, 0.25) is 0 Å². The fourth-order valence-corrected chi connectivity index (χ4v) is 3.39. The summed E-state index contributed by atoms with van der Waals surface area (Å²) < 4.78 is 0. The zero-order valence-corrected chi connectivity index (χ0v) is 12.3. The Kier molecular flexibility index (Phi) is 5.64. The monoisotopic (exact) mass is 267 g/mol. The topological polar surface area (TPSA) is 49.6 Å². The Balaban J connectivity index is 1.85. The molecular formula is C15H29N3O. The lowest BCUT2D eigenvalue weighted by Gasteiger charge is -2.37. The van der Waals surface area contributed by atoms with Gasteiger partial charge in [-0.2, -0.15) is 0 Å². The minimum atomic E-state index is 0.247. The smallest absolute Gasteiger partial charge is 0.224 e. The highest BCUT2D eigenvalue weighted by Gasteiger charge is 2.27. The Morgan fingerprint density at radius 1 is 1.21 bits per heavy atom. The van der Waals surface area contributed by atoms with Crippen molar-refractivity contribution in [1.29, 1.82) is 0 Å². The van der Waals surface area contributed by atoms with Crippen molar-refractivity contribution in [2.75, 3.05) is 32.7 Å². The van der Waals surface area contributed by atoms with Gasteiger partial charge in [-0.25, -0.2) is 0 Å². The van der Waals surface area contributed by atoms with Crippen LogP contribution in [0.15, 0.2) is 0 Å². The van der Waals surface area contributed by atoms with Crippen LogP contribution >= 0.6 is 0 Å². The van der Waals surface area contributed by atoms with Crippen LogP contribution in [-0.2, 0) is 4.79 Å². The highest BCUT2D eigenvalue weighted by Crippen LogP contribution is 2.20. The van der Waals surface area contributed by atoms with Gasteiger partial charge in [-0.15, -0.1) is 0 Å². The highest BCUT2D eigenvalue weighted by molar-refractivity contribution is 5.77. The van der Waals surface area contributed by atoms with Gasteiger partial charge in [-0.05, 0) is 44.6 Å². The van der Waals surface area contributed by atoms with Crippen LogP contribution in [0, 0.1) is 5.92 Å². The standard InChI is InChI=1S/C15H29N3O/c1-13-6-5-9-18(12-13)14(11-16)10-15(19)17-7-3-2-4-8-17/h13-14H,2-12,16H2,1H3. The zero-order valence-electron chi connectivity index (χ0n) is 12.3. The summed E-state index contributed by atoms with van der Waals surface area (Å²) in [5.74, 6) is 1.06. The van der Waals surface area contributed by atoms with E-state index in [9.17, 15) is 4.79 Å². The lowest BCUT2D eigenvalue weighted by atomic mass is 9.97. The molecule has 0 aliphatic carbocycles. The molecule has 4 nitrogen and oxygen atoms in total. The molecule has 2 atom stereocenters. The Bertz CT molecular complexity index is 289. The van der Waals surface area contributed by atoms with Crippen LogP contribution < -0.4 is 5.73 Å². The average molecular weight is 267 g/mol. The van der Waals surface area contributed by atoms with Crippen molar-refractivity contribution in [1.82, 2.24) is 9.80 Å². The molecule has 0 bridgehead atoms. The third-order valence-electron chi connectivity index (χ3n) is 4.60. The molecule has 2 heterocycles. The predicted molar refractivity (Wildman–Crippen MR) is 77.9 cm³/mol. The molecule has 2 unspecified atom stereocenters. The summed E-state index contributed by atoms with van der Waals surface area (Å²) in [6.45, 7) is 7.02. The first-order valence-electron chi connectivity index (χ1n) is 7.92. The first-order chi connectivity index (χ1) is 9.20. The summed E-state index contributed by atoms with van der Waals surface area (Å²) in [7, 11) is 0. The molecule has 2 aliphatic rings. The van der Waals surface area contributed by atoms with E-state index in [1.165, 1.54) is 32.1 Å².